The number of methoxy groups -OCH3 is 1. The fourth-order valence-corrected chi connectivity index (χ4v) is 2.67. The quantitative estimate of drug-likeness (QED) is 0.579. The van der Waals surface area contributed by atoms with Gasteiger partial charge in [0.1, 0.15) is 11.2 Å². The van der Waals surface area contributed by atoms with Crippen LogP contribution in [0.2, 0.25) is 5.02 Å². The molecule has 0 spiro atoms. The van der Waals surface area contributed by atoms with Gasteiger partial charge in [-0.1, -0.05) is 18.2 Å². The van der Waals surface area contributed by atoms with Crippen LogP contribution in [-0.2, 0) is 9.47 Å². The Bertz CT molecular complexity index is 746. The second-order valence-corrected chi connectivity index (χ2v) is 7.13. The van der Waals surface area contributed by atoms with Crippen molar-refractivity contribution in [3.05, 3.63) is 28.1 Å². The number of ether oxygens (including phenoxy) is 2. The molecule has 0 aliphatic carbocycles. The van der Waals surface area contributed by atoms with E-state index in [1.807, 2.05) is 25.7 Å². The number of amides is 1. The summed E-state index contributed by atoms with van der Waals surface area (Å²) < 4.78 is 10.2. The number of aromatic nitrogens is 1. The Morgan fingerprint density at radius 2 is 1.88 bits per heavy atom. The molecule has 0 saturated carbocycles. The zero-order valence-corrected chi connectivity index (χ0v) is 16.0. The molecule has 1 saturated heterocycles. The minimum Gasteiger partial charge on any atom is -0.465 e. The number of halogens is 1. The van der Waals surface area contributed by atoms with E-state index in [-0.39, 0.29) is 22.5 Å². The van der Waals surface area contributed by atoms with E-state index in [9.17, 15) is 9.59 Å². The summed E-state index contributed by atoms with van der Waals surface area (Å²) >= 11 is 6.00. The van der Waals surface area contributed by atoms with Gasteiger partial charge in [0.05, 0.1) is 12.1 Å². The number of nitrogens with zero attached hydrogens (tertiary/aromatic N) is 4. The number of esters is 1. The van der Waals surface area contributed by atoms with Crippen molar-refractivity contribution < 1.29 is 19.1 Å². The van der Waals surface area contributed by atoms with Gasteiger partial charge in [0.25, 0.3) is 5.82 Å². The highest BCUT2D eigenvalue weighted by Gasteiger charge is 2.30. The van der Waals surface area contributed by atoms with E-state index in [0.29, 0.717) is 32.0 Å². The van der Waals surface area contributed by atoms with Gasteiger partial charge in [-0.25, -0.2) is 9.59 Å². The minimum atomic E-state index is -0.583. The van der Waals surface area contributed by atoms with E-state index in [4.69, 9.17) is 27.6 Å². The van der Waals surface area contributed by atoms with Crippen LogP contribution in [0, 0.1) is 6.57 Å². The topological polar surface area (TPSA) is 76.3 Å². The Labute approximate surface area is 157 Å². The van der Waals surface area contributed by atoms with Crippen LogP contribution in [0.25, 0.3) is 4.85 Å². The lowest BCUT2D eigenvalue weighted by atomic mass is 10.2. The molecular formula is C17H21ClN4O4. The second-order valence-electron chi connectivity index (χ2n) is 6.72. The van der Waals surface area contributed by atoms with Crippen LogP contribution in [-0.4, -0.2) is 60.8 Å². The molecule has 2 heterocycles. The third-order valence-electron chi connectivity index (χ3n) is 3.68. The molecule has 8 nitrogen and oxygen atoms in total. The molecule has 140 valence electrons. The lowest BCUT2D eigenvalue weighted by molar-refractivity contribution is 0.0239. The van der Waals surface area contributed by atoms with Crippen molar-refractivity contribution in [2.75, 3.05) is 38.2 Å². The molecule has 1 aromatic rings. The molecule has 0 bridgehead atoms. The number of hydrogen-bond donors (Lipinski definition) is 0. The molecular weight excluding hydrogens is 360 g/mol. The molecule has 1 aliphatic heterocycles. The molecule has 1 aliphatic rings. The number of carbonyl (C=O) groups is 2. The lowest BCUT2D eigenvalue weighted by Gasteiger charge is -2.35. The number of hydrogen-bond acceptors (Lipinski definition) is 6. The van der Waals surface area contributed by atoms with E-state index in [1.165, 1.54) is 13.2 Å². The molecule has 2 rings (SSSR count). The Balaban J connectivity index is 2.19. The molecule has 0 N–H and O–H groups in total. The molecule has 1 aromatic heterocycles. The predicted octanol–water partition coefficient (Wildman–Crippen LogP) is 3.13. The maximum Gasteiger partial charge on any atom is 0.410 e. The monoisotopic (exact) mass is 380 g/mol. The normalized spacial score (nSPS) is 14.6. The maximum absolute atomic E-state index is 12.2. The van der Waals surface area contributed by atoms with Gasteiger partial charge in [-0.15, -0.1) is 4.98 Å². The van der Waals surface area contributed by atoms with Crippen molar-refractivity contribution in [1.82, 2.24) is 9.88 Å². The summed E-state index contributed by atoms with van der Waals surface area (Å²) in [6.07, 6.45) is -0.378. The van der Waals surface area contributed by atoms with E-state index in [0.717, 1.165) is 0 Å². The van der Waals surface area contributed by atoms with Gasteiger partial charge >= 0.3 is 12.1 Å². The molecule has 0 atom stereocenters. The summed E-state index contributed by atoms with van der Waals surface area (Å²) in [5.41, 5.74) is -0.371. The third kappa shape index (κ3) is 4.55. The summed E-state index contributed by atoms with van der Waals surface area (Å²) in [6, 6.07) is 1.39. The van der Waals surface area contributed by atoms with Crippen molar-refractivity contribution in [2.24, 2.45) is 0 Å². The van der Waals surface area contributed by atoms with Gasteiger partial charge in [-0.2, -0.15) is 0 Å². The van der Waals surface area contributed by atoms with Gasteiger partial charge in [0, 0.05) is 26.2 Å². The van der Waals surface area contributed by atoms with Crippen molar-refractivity contribution in [3.63, 3.8) is 0 Å². The van der Waals surface area contributed by atoms with E-state index < -0.39 is 11.6 Å². The average molecular weight is 381 g/mol. The minimum absolute atomic E-state index is 0.0175. The zero-order chi connectivity index (χ0) is 19.5. The van der Waals surface area contributed by atoms with Crippen molar-refractivity contribution in [3.8, 4) is 0 Å². The van der Waals surface area contributed by atoms with E-state index in [1.54, 1.807) is 4.90 Å². The Kier molecular flexibility index (Phi) is 5.93. The van der Waals surface area contributed by atoms with E-state index in [2.05, 4.69) is 9.83 Å². The van der Waals surface area contributed by atoms with Gasteiger partial charge in [0.2, 0.25) is 5.82 Å². The molecule has 1 amide bonds. The summed E-state index contributed by atoms with van der Waals surface area (Å²) in [5.74, 6) is -0.236. The van der Waals surface area contributed by atoms with Crippen molar-refractivity contribution in [2.45, 2.75) is 26.4 Å². The van der Waals surface area contributed by atoms with Crippen LogP contribution >= 0.6 is 11.6 Å². The molecule has 26 heavy (non-hydrogen) atoms. The third-order valence-corrected chi connectivity index (χ3v) is 3.96. The highest BCUT2D eigenvalue weighted by Crippen LogP contribution is 2.31. The van der Waals surface area contributed by atoms with Crippen LogP contribution in [0.3, 0.4) is 0 Å². The largest absolute Gasteiger partial charge is 0.465 e. The van der Waals surface area contributed by atoms with Crippen LogP contribution < -0.4 is 4.90 Å². The molecule has 0 radical (unpaired) electrons. The number of pyridine rings is 1. The number of anilines is 1. The first kappa shape index (κ1) is 19.8. The fourth-order valence-electron chi connectivity index (χ4n) is 2.48. The first-order valence-corrected chi connectivity index (χ1v) is 8.43. The summed E-state index contributed by atoms with van der Waals surface area (Å²) in [4.78, 5) is 35.1. The number of piperazine rings is 1. The Morgan fingerprint density at radius 1 is 1.27 bits per heavy atom. The second kappa shape index (κ2) is 7.79. The predicted molar refractivity (Wildman–Crippen MR) is 96.9 cm³/mol. The standard InChI is InChI=1S/C17H21ClN4O4/c1-17(2,3)26-16(24)22-8-6-21(7-9-22)14-11(15(23)25-5)10-12(18)13(19-4)20-14/h10H,6-9H2,1-3,5H3. The highest BCUT2D eigenvalue weighted by molar-refractivity contribution is 6.33. The first-order chi connectivity index (χ1) is 12.2. The molecule has 0 aromatic carbocycles. The lowest BCUT2D eigenvalue weighted by Crippen LogP contribution is -2.50. The zero-order valence-electron chi connectivity index (χ0n) is 15.2. The van der Waals surface area contributed by atoms with Crippen LogP contribution in [0.5, 0.6) is 0 Å². The Morgan fingerprint density at radius 3 is 2.38 bits per heavy atom. The molecule has 0 unspecified atom stereocenters. The molecule has 9 heteroatoms. The van der Waals surface area contributed by atoms with Gasteiger partial charge in [-0.05, 0) is 26.8 Å². The smallest absolute Gasteiger partial charge is 0.410 e. The Hall–Kier alpha value is -2.53. The van der Waals surface area contributed by atoms with Crippen molar-refractivity contribution >= 4 is 35.3 Å². The summed E-state index contributed by atoms with van der Waals surface area (Å²) in [7, 11) is 1.27. The molecule has 1 fully saturated rings. The first-order valence-electron chi connectivity index (χ1n) is 8.05. The summed E-state index contributed by atoms with van der Waals surface area (Å²) in [6.45, 7) is 14.3. The van der Waals surface area contributed by atoms with E-state index >= 15 is 0 Å². The number of rotatable bonds is 2. The highest BCUT2D eigenvalue weighted by atomic mass is 35.5. The SMILES string of the molecule is [C-]#[N+]c1nc(N2CCN(C(=O)OC(C)(C)C)CC2)c(C(=O)OC)cc1Cl. The van der Waals surface area contributed by atoms with Crippen LogP contribution in [0.4, 0.5) is 16.4 Å². The maximum atomic E-state index is 12.2. The van der Waals surface area contributed by atoms with Gasteiger partial charge < -0.3 is 24.1 Å². The fraction of sp³-hybridized carbons (Fsp3) is 0.529. The summed E-state index contributed by atoms with van der Waals surface area (Å²) in [5, 5.41) is 0.0940. The average Bonchev–Trinajstić information content (AvgIpc) is 2.59. The van der Waals surface area contributed by atoms with Crippen LogP contribution in [0.1, 0.15) is 31.1 Å². The van der Waals surface area contributed by atoms with Crippen molar-refractivity contribution in [1.29, 1.82) is 0 Å². The van der Waals surface area contributed by atoms with Gasteiger partial charge in [-0.3, -0.25) is 0 Å². The van der Waals surface area contributed by atoms with Crippen LogP contribution in [0.15, 0.2) is 6.07 Å². The van der Waals surface area contributed by atoms with Gasteiger partial charge in [0.15, 0.2) is 0 Å². The number of carbonyl (C=O) groups excluding carboxylic acids is 2.